The number of rotatable bonds is 8. The molecule has 0 heterocycles. The van der Waals surface area contributed by atoms with Crippen LogP contribution in [0.3, 0.4) is 0 Å². The Kier molecular flexibility index (Phi) is 6.49. The van der Waals surface area contributed by atoms with Crippen LogP contribution in [0.1, 0.15) is 38.7 Å². The maximum Gasteiger partial charge on any atom is 0.0391 e. The molecule has 0 aliphatic carbocycles. The van der Waals surface area contributed by atoms with Gasteiger partial charge in [0.15, 0.2) is 0 Å². The van der Waals surface area contributed by atoms with E-state index in [1.807, 2.05) is 0 Å². The normalized spacial score (nSPS) is 16.3. The first-order chi connectivity index (χ1) is 9.04. The third kappa shape index (κ3) is 4.30. The molecular weight excluding hydrogens is 234 g/mol. The minimum Gasteiger partial charge on any atom is -0.302 e. The van der Waals surface area contributed by atoms with Crippen LogP contribution in [0.5, 0.6) is 0 Å². The molecule has 1 aromatic rings. The van der Waals surface area contributed by atoms with Crippen molar-refractivity contribution < 1.29 is 0 Å². The monoisotopic (exact) mass is 263 g/mol. The Balaban J connectivity index is 2.53. The highest BCUT2D eigenvalue weighted by atomic mass is 15.3. The van der Waals surface area contributed by atoms with Crippen molar-refractivity contribution in [2.24, 2.45) is 5.84 Å². The average molecular weight is 263 g/mol. The van der Waals surface area contributed by atoms with E-state index in [0.717, 1.165) is 25.7 Å². The van der Waals surface area contributed by atoms with Gasteiger partial charge in [-0.25, -0.2) is 0 Å². The van der Waals surface area contributed by atoms with E-state index in [1.54, 1.807) is 0 Å². The Morgan fingerprint density at radius 2 is 1.89 bits per heavy atom. The second kappa shape index (κ2) is 7.63. The molecule has 0 bridgehead atoms. The van der Waals surface area contributed by atoms with Crippen molar-refractivity contribution in [3.63, 3.8) is 0 Å². The number of benzene rings is 1. The zero-order chi connectivity index (χ0) is 14.3. The molecule has 0 spiro atoms. The van der Waals surface area contributed by atoms with Gasteiger partial charge >= 0.3 is 0 Å². The Bertz CT molecular complexity index is 350. The lowest BCUT2D eigenvalue weighted by Crippen LogP contribution is -2.58. The molecule has 0 aromatic heterocycles. The molecule has 3 heteroatoms. The Morgan fingerprint density at radius 1 is 1.26 bits per heavy atom. The number of likely N-dealkylation sites (N-methyl/N-ethyl adjacent to an activating group) is 1. The summed E-state index contributed by atoms with van der Waals surface area (Å²) in [6.45, 7) is 4.50. The van der Waals surface area contributed by atoms with Crippen LogP contribution in [0.15, 0.2) is 30.3 Å². The third-order valence-electron chi connectivity index (χ3n) is 4.49. The minimum absolute atomic E-state index is 0.103. The van der Waals surface area contributed by atoms with Gasteiger partial charge in [0.2, 0.25) is 0 Å². The molecule has 0 saturated carbocycles. The Morgan fingerprint density at radius 3 is 2.37 bits per heavy atom. The van der Waals surface area contributed by atoms with Crippen LogP contribution in [0.25, 0.3) is 0 Å². The van der Waals surface area contributed by atoms with Crippen LogP contribution in [0.4, 0.5) is 0 Å². The van der Waals surface area contributed by atoms with Crippen LogP contribution in [-0.2, 0) is 6.42 Å². The highest BCUT2D eigenvalue weighted by molar-refractivity contribution is 5.14. The van der Waals surface area contributed by atoms with Gasteiger partial charge in [-0.2, -0.15) is 0 Å². The van der Waals surface area contributed by atoms with Crippen molar-refractivity contribution in [1.29, 1.82) is 0 Å². The molecule has 0 aliphatic heterocycles. The molecule has 3 N–H and O–H groups in total. The molecule has 0 radical (unpaired) electrons. The number of nitrogens with one attached hydrogen (secondary N) is 1. The van der Waals surface area contributed by atoms with Gasteiger partial charge in [-0.15, -0.1) is 0 Å². The van der Waals surface area contributed by atoms with Crippen molar-refractivity contribution in [2.75, 3.05) is 14.1 Å². The zero-order valence-electron chi connectivity index (χ0n) is 12.8. The molecule has 2 atom stereocenters. The van der Waals surface area contributed by atoms with E-state index >= 15 is 0 Å². The maximum absolute atomic E-state index is 5.78. The number of hydrogen-bond donors (Lipinski definition) is 2. The van der Waals surface area contributed by atoms with Gasteiger partial charge in [-0.05, 0) is 52.3 Å². The van der Waals surface area contributed by atoms with Crippen molar-refractivity contribution in [3.05, 3.63) is 35.9 Å². The lowest BCUT2D eigenvalue weighted by molar-refractivity contribution is 0.107. The van der Waals surface area contributed by atoms with Crippen LogP contribution in [0.2, 0.25) is 0 Å². The number of hydrazine groups is 1. The largest absolute Gasteiger partial charge is 0.302 e. The fraction of sp³-hybridized carbons (Fsp3) is 0.625. The fourth-order valence-electron chi connectivity index (χ4n) is 2.60. The average Bonchev–Trinajstić information content (AvgIpc) is 2.43. The van der Waals surface area contributed by atoms with E-state index in [2.05, 4.69) is 68.6 Å². The van der Waals surface area contributed by atoms with Gasteiger partial charge in [0.05, 0.1) is 0 Å². The van der Waals surface area contributed by atoms with Crippen molar-refractivity contribution in [3.8, 4) is 0 Å². The summed E-state index contributed by atoms with van der Waals surface area (Å²) in [6.07, 6.45) is 4.45. The molecule has 1 aromatic carbocycles. The first-order valence-corrected chi connectivity index (χ1v) is 7.22. The van der Waals surface area contributed by atoms with Crippen molar-refractivity contribution in [1.82, 2.24) is 10.3 Å². The minimum atomic E-state index is 0.103. The van der Waals surface area contributed by atoms with E-state index in [0.29, 0.717) is 6.04 Å². The lowest BCUT2D eigenvalue weighted by atomic mass is 9.85. The highest BCUT2D eigenvalue weighted by Gasteiger charge is 2.33. The quantitative estimate of drug-likeness (QED) is 0.559. The second-order valence-electron chi connectivity index (χ2n) is 5.70. The number of nitrogens with two attached hydrogens (primary N) is 1. The second-order valence-corrected chi connectivity index (χ2v) is 5.70. The first kappa shape index (κ1) is 16.2. The van der Waals surface area contributed by atoms with Crippen LogP contribution < -0.4 is 11.3 Å². The van der Waals surface area contributed by atoms with Gasteiger partial charge in [0.25, 0.3) is 0 Å². The van der Waals surface area contributed by atoms with Gasteiger partial charge in [0.1, 0.15) is 0 Å². The lowest BCUT2D eigenvalue weighted by Gasteiger charge is -2.42. The molecule has 1 rings (SSSR count). The van der Waals surface area contributed by atoms with Crippen molar-refractivity contribution >= 4 is 0 Å². The standard InChI is InChI=1S/C16H29N3/c1-5-16(2,19(3)4)15(18-17)13-9-12-14-10-7-6-8-11-14/h6-8,10-11,15,18H,5,9,12-13,17H2,1-4H3. The Labute approximate surface area is 118 Å². The molecule has 2 unspecified atom stereocenters. The van der Waals surface area contributed by atoms with Crippen LogP contribution >= 0.6 is 0 Å². The topological polar surface area (TPSA) is 41.3 Å². The van der Waals surface area contributed by atoms with Gasteiger partial charge in [0, 0.05) is 11.6 Å². The van der Waals surface area contributed by atoms with Gasteiger partial charge in [-0.3, -0.25) is 11.3 Å². The molecule has 0 fully saturated rings. The predicted octanol–water partition coefficient (Wildman–Crippen LogP) is 2.57. The highest BCUT2D eigenvalue weighted by Crippen LogP contribution is 2.24. The van der Waals surface area contributed by atoms with Gasteiger partial charge < -0.3 is 4.90 Å². The summed E-state index contributed by atoms with van der Waals surface area (Å²) in [5, 5.41) is 0. The van der Waals surface area contributed by atoms with E-state index in [-0.39, 0.29) is 5.54 Å². The SMILES string of the molecule is CCC(C)(C(CCCc1ccccc1)NN)N(C)C. The van der Waals surface area contributed by atoms with Gasteiger partial charge in [-0.1, -0.05) is 37.3 Å². The smallest absolute Gasteiger partial charge is 0.0391 e. The molecule has 3 nitrogen and oxygen atoms in total. The number of aryl methyl sites for hydroxylation is 1. The summed E-state index contributed by atoms with van der Waals surface area (Å²) in [4.78, 5) is 2.28. The third-order valence-corrected chi connectivity index (χ3v) is 4.49. The van der Waals surface area contributed by atoms with Crippen LogP contribution in [0, 0.1) is 0 Å². The molecule has 108 valence electrons. The number of hydrogen-bond acceptors (Lipinski definition) is 3. The van der Waals surface area contributed by atoms with E-state index in [1.165, 1.54) is 5.56 Å². The summed E-state index contributed by atoms with van der Waals surface area (Å²) >= 11 is 0. The summed E-state index contributed by atoms with van der Waals surface area (Å²) in [7, 11) is 4.26. The fourth-order valence-corrected chi connectivity index (χ4v) is 2.60. The number of nitrogens with zero attached hydrogens (tertiary/aromatic N) is 1. The van der Waals surface area contributed by atoms with E-state index in [4.69, 9.17) is 5.84 Å². The van der Waals surface area contributed by atoms with Crippen LogP contribution in [-0.4, -0.2) is 30.6 Å². The summed E-state index contributed by atoms with van der Waals surface area (Å²) in [5.41, 5.74) is 4.53. The summed E-state index contributed by atoms with van der Waals surface area (Å²) < 4.78 is 0. The summed E-state index contributed by atoms with van der Waals surface area (Å²) in [6, 6.07) is 11.0. The summed E-state index contributed by atoms with van der Waals surface area (Å²) in [5.74, 6) is 5.78. The zero-order valence-corrected chi connectivity index (χ0v) is 12.8. The maximum atomic E-state index is 5.78. The molecule has 0 aliphatic rings. The first-order valence-electron chi connectivity index (χ1n) is 7.22. The molecule has 0 amide bonds. The predicted molar refractivity (Wildman–Crippen MR) is 82.9 cm³/mol. The van der Waals surface area contributed by atoms with E-state index in [9.17, 15) is 0 Å². The van der Waals surface area contributed by atoms with Crippen molar-refractivity contribution in [2.45, 2.75) is 51.1 Å². The molecular formula is C16H29N3. The molecule has 19 heavy (non-hydrogen) atoms. The molecule has 0 saturated heterocycles. The Hall–Kier alpha value is -0.900. The van der Waals surface area contributed by atoms with E-state index < -0.39 is 0 Å².